The van der Waals surface area contributed by atoms with Crippen LogP contribution >= 0.6 is 0 Å². The lowest BCUT2D eigenvalue weighted by atomic mass is 9.97. The molecule has 1 aromatic carbocycles. The third kappa shape index (κ3) is 4.46. The summed E-state index contributed by atoms with van der Waals surface area (Å²) in [5, 5.41) is 2.78. The van der Waals surface area contributed by atoms with Crippen LogP contribution in [-0.2, 0) is 20.9 Å². The Bertz CT molecular complexity index is 516. The van der Waals surface area contributed by atoms with Crippen LogP contribution in [0.1, 0.15) is 18.4 Å². The van der Waals surface area contributed by atoms with Crippen molar-refractivity contribution in [1.82, 2.24) is 5.32 Å². The molecule has 0 unspecified atom stereocenters. The maximum Gasteiger partial charge on any atom is 0.246 e. The molecule has 0 radical (unpaired) electrons. The molecule has 1 aliphatic rings. The second kappa shape index (κ2) is 7.79. The summed E-state index contributed by atoms with van der Waals surface area (Å²) in [6.45, 7) is 2.17. The van der Waals surface area contributed by atoms with Crippen molar-refractivity contribution in [1.29, 1.82) is 0 Å². The summed E-state index contributed by atoms with van der Waals surface area (Å²) in [7, 11) is 1.49. The average molecular weight is 305 g/mol. The lowest BCUT2D eigenvalue weighted by molar-refractivity contribution is -0.125. The Morgan fingerprint density at radius 2 is 2.09 bits per heavy atom. The number of methoxy groups -OCH3 is 1. The molecule has 0 bridgehead atoms. The number of benzene rings is 1. The van der Waals surface area contributed by atoms with Crippen LogP contribution in [-0.4, -0.2) is 38.6 Å². The highest BCUT2D eigenvalue weighted by Gasteiger charge is 2.23. The van der Waals surface area contributed by atoms with Gasteiger partial charge in [0.2, 0.25) is 11.8 Å². The van der Waals surface area contributed by atoms with Crippen molar-refractivity contribution < 1.29 is 14.3 Å². The minimum atomic E-state index is -0.220. The van der Waals surface area contributed by atoms with Gasteiger partial charge in [0.25, 0.3) is 0 Å². The van der Waals surface area contributed by atoms with Crippen LogP contribution in [0.2, 0.25) is 0 Å². The normalized spacial score (nSPS) is 18.0. The zero-order valence-corrected chi connectivity index (χ0v) is 12.9. The van der Waals surface area contributed by atoms with Crippen LogP contribution in [0.5, 0.6) is 0 Å². The van der Waals surface area contributed by atoms with Crippen molar-refractivity contribution in [3.63, 3.8) is 0 Å². The third-order valence-corrected chi connectivity index (χ3v) is 3.89. The van der Waals surface area contributed by atoms with Gasteiger partial charge in [-0.3, -0.25) is 9.59 Å². The molecule has 2 amide bonds. The van der Waals surface area contributed by atoms with Gasteiger partial charge in [0.15, 0.2) is 0 Å². The number of nitrogens with zero attached hydrogens (tertiary/aromatic N) is 1. The zero-order chi connectivity index (χ0) is 15.9. The fraction of sp³-hybridized carbons (Fsp3) is 0.500. The highest BCUT2D eigenvalue weighted by Crippen LogP contribution is 2.23. The Kier molecular flexibility index (Phi) is 5.77. The third-order valence-electron chi connectivity index (χ3n) is 3.89. The quantitative estimate of drug-likeness (QED) is 0.808. The van der Waals surface area contributed by atoms with Crippen LogP contribution in [0.3, 0.4) is 0 Å². The molecule has 1 aromatic rings. The summed E-state index contributed by atoms with van der Waals surface area (Å²) in [5.41, 5.74) is 7.51. The summed E-state index contributed by atoms with van der Waals surface area (Å²) >= 11 is 0. The number of carbonyl (C=O) groups excluding carboxylic acids is 2. The van der Waals surface area contributed by atoms with Gasteiger partial charge >= 0.3 is 0 Å². The first-order chi connectivity index (χ1) is 10.6. The molecule has 120 valence electrons. The van der Waals surface area contributed by atoms with Gasteiger partial charge in [-0.2, -0.15) is 0 Å². The standard InChI is InChI=1S/C16H23N3O3/c1-22-11-15(20)18-9-12-4-6-14(7-5-12)19-8-2-3-13(10-19)16(17)21/h4-7,13H,2-3,8-11H2,1H3,(H2,17,21)(H,18,20)/t13-/m0/s1. The molecule has 0 spiro atoms. The van der Waals surface area contributed by atoms with E-state index in [1.54, 1.807) is 0 Å². The minimum Gasteiger partial charge on any atom is -0.375 e. The summed E-state index contributed by atoms with van der Waals surface area (Å²) < 4.78 is 4.76. The number of anilines is 1. The largest absolute Gasteiger partial charge is 0.375 e. The average Bonchev–Trinajstić information content (AvgIpc) is 2.54. The molecule has 6 nitrogen and oxygen atoms in total. The highest BCUT2D eigenvalue weighted by atomic mass is 16.5. The molecule has 22 heavy (non-hydrogen) atoms. The van der Waals surface area contributed by atoms with Gasteiger partial charge in [0.1, 0.15) is 6.61 Å². The summed E-state index contributed by atoms with van der Waals surface area (Å²) in [5.74, 6) is -0.421. The van der Waals surface area contributed by atoms with E-state index < -0.39 is 0 Å². The summed E-state index contributed by atoms with van der Waals surface area (Å²) in [6.07, 6.45) is 1.85. The van der Waals surface area contributed by atoms with E-state index in [1.807, 2.05) is 24.3 Å². The Morgan fingerprint density at radius 3 is 2.73 bits per heavy atom. The molecule has 1 fully saturated rings. The summed E-state index contributed by atoms with van der Waals surface area (Å²) in [6, 6.07) is 7.99. The summed E-state index contributed by atoms with van der Waals surface area (Å²) in [4.78, 5) is 24.9. The van der Waals surface area contributed by atoms with E-state index in [0.29, 0.717) is 13.1 Å². The number of primary amides is 1. The van der Waals surface area contributed by atoms with E-state index >= 15 is 0 Å². The Labute approximate surface area is 130 Å². The van der Waals surface area contributed by atoms with Crippen molar-refractivity contribution in [2.45, 2.75) is 19.4 Å². The number of piperidine rings is 1. The maximum absolute atomic E-state index is 11.3. The smallest absolute Gasteiger partial charge is 0.246 e. The van der Waals surface area contributed by atoms with Crippen LogP contribution in [0.25, 0.3) is 0 Å². The fourth-order valence-electron chi connectivity index (χ4n) is 2.65. The number of hydrogen-bond donors (Lipinski definition) is 2. The lowest BCUT2D eigenvalue weighted by Crippen LogP contribution is -2.41. The lowest BCUT2D eigenvalue weighted by Gasteiger charge is -2.33. The van der Waals surface area contributed by atoms with Crippen LogP contribution < -0.4 is 16.0 Å². The van der Waals surface area contributed by atoms with Crippen molar-refractivity contribution >= 4 is 17.5 Å². The van der Waals surface area contributed by atoms with E-state index in [0.717, 1.165) is 30.6 Å². The van der Waals surface area contributed by atoms with E-state index in [1.165, 1.54) is 7.11 Å². The molecular formula is C16H23N3O3. The van der Waals surface area contributed by atoms with Gasteiger partial charge in [-0.25, -0.2) is 0 Å². The van der Waals surface area contributed by atoms with Gasteiger partial charge < -0.3 is 20.7 Å². The van der Waals surface area contributed by atoms with Crippen LogP contribution in [0.4, 0.5) is 5.69 Å². The molecular weight excluding hydrogens is 282 g/mol. The van der Waals surface area contributed by atoms with Crippen LogP contribution in [0.15, 0.2) is 24.3 Å². The molecule has 0 saturated carbocycles. The van der Waals surface area contributed by atoms with E-state index in [9.17, 15) is 9.59 Å². The van der Waals surface area contributed by atoms with Gasteiger partial charge in [-0.1, -0.05) is 12.1 Å². The van der Waals surface area contributed by atoms with Crippen molar-refractivity contribution in [2.24, 2.45) is 11.7 Å². The number of amides is 2. The number of nitrogens with one attached hydrogen (secondary N) is 1. The maximum atomic E-state index is 11.3. The Balaban J connectivity index is 1.91. The van der Waals surface area contributed by atoms with Gasteiger partial charge in [0.05, 0.1) is 5.92 Å². The topological polar surface area (TPSA) is 84.7 Å². The van der Waals surface area contributed by atoms with Crippen molar-refractivity contribution in [3.8, 4) is 0 Å². The van der Waals surface area contributed by atoms with Crippen molar-refractivity contribution in [2.75, 3.05) is 31.7 Å². The molecule has 2 rings (SSSR count). The van der Waals surface area contributed by atoms with Gasteiger partial charge in [-0.05, 0) is 30.5 Å². The molecule has 0 aliphatic carbocycles. The molecule has 1 saturated heterocycles. The molecule has 1 aliphatic heterocycles. The molecule has 0 aromatic heterocycles. The zero-order valence-electron chi connectivity index (χ0n) is 12.9. The molecule has 3 N–H and O–H groups in total. The number of nitrogens with two attached hydrogens (primary N) is 1. The second-order valence-electron chi connectivity index (χ2n) is 5.56. The Hall–Kier alpha value is -2.08. The molecule has 1 atom stereocenters. The SMILES string of the molecule is COCC(=O)NCc1ccc(N2CCC[C@H](C(N)=O)C2)cc1. The second-order valence-corrected chi connectivity index (χ2v) is 5.56. The monoisotopic (exact) mass is 305 g/mol. The minimum absolute atomic E-state index is 0.0678. The van der Waals surface area contributed by atoms with E-state index in [2.05, 4.69) is 10.2 Å². The first-order valence-corrected chi connectivity index (χ1v) is 7.49. The van der Waals surface area contributed by atoms with Gasteiger partial charge in [0, 0.05) is 32.4 Å². The first-order valence-electron chi connectivity index (χ1n) is 7.49. The predicted octanol–water partition coefficient (Wildman–Crippen LogP) is 0.651. The number of rotatable bonds is 6. The number of carbonyl (C=O) groups is 2. The number of ether oxygens (including phenoxy) is 1. The van der Waals surface area contributed by atoms with Crippen molar-refractivity contribution in [3.05, 3.63) is 29.8 Å². The van der Waals surface area contributed by atoms with Gasteiger partial charge in [-0.15, -0.1) is 0 Å². The predicted molar refractivity (Wildman–Crippen MR) is 84.3 cm³/mol. The fourth-order valence-corrected chi connectivity index (χ4v) is 2.65. The first kappa shape index (κ1) is 16.3. The Morgan fingerprint density at radius 1 is 1.36 bits per heavy atom. The highest BCUT2D eigenvalue weighted by molar-refractivity contribution is 5.78. The number of hydrogen-bond acceptors (Lipinski definition) is 4. The molecule has 1 heterocycles. The van der Waals surface area contributed by atoms with E-state index in [4.69, 9.17) is 10.5 Å². The van der Waals surface area contributed by atoms with Crippen LogP contribution in [0, 0.1) is 5.92 Å². The molecule has 6 heteroatoms. The van der Waals surface area contributed by atoms with E-state index in [-0.39, 0.29) is 24.3 Å².